The van der Waals surface area contributed by atoms with Crippen LogP contribution in [0.2, 0.25) is 0 Å². The van der Waals surface area contributed by atoms with Gasteiger partial charge in [-0.05, 0) is 37.5 Å². The fraction of sp³-hybridized carbons (Fsp3) is 0.333. The lowest BCUT2D eigenvalue weighted by Crippen LogP contribution is -2.44. The van der Waals surface area contributed by atoms with Gasteiger partial charge in [-0.15, -0.1) is 13.2 Å². The maximum Gasteiger partial charge on any atom is 0.243 e. The van der Waals surface area contributed by atoms with E-state index in [1.165, 1.54) is 4.31 Å². The molecule has 2 aromatic carbocycles. The van der Waals surface area contributed by atoms with E-state index in [2.05, 4.69) is 13.2 Å². The summed E-state index contributed by atoms with van der Waals surface area (Å²) in [6.07, 6.45) is 3.07. The van der Waals surface area contributed by atoms with Gasteiger partial charge in [0, 0.05) is 6.54 Å². The molecule has 0 bridgehead atoms. The maximum atomic E-state index is 13.4. The lowest BCUT2D eigenvalue weighted by Gasteiger charge is -2.31. The standard InChI is InChI=1S/C24H31NO4S/c1-4-9-23(26)17-22(19-29-18-21-10-7-6-8-11-21)25(16-5-2)30(27,28)24-14-12-20(3)13-15-24/h4-8,10-15,22-23,26H,1-2,9,16-19H2,3H3/t22-,23-/m0/s1. The number of ether oxygens (including phenoxy) is 1. The van der Waals surface area contributed by atoms with Crippen LogP contribution in [0, 0.1) is 6.92 Å². The Balaban J connectivity index is 2.26. The molecule has 5 nitrogen and oxygen atoms in total. The highest BCUT2D eigenvalue weighted by atomic mass is 32.2. The fourth-order valence-electron chi connectivity index (χ4n) is 3.17. The van der Waals surface area contributed by atoms with Gasteiger partial charge in [0.25, 0.3) is 0 Å². The number of rotatable bonds is 13. The van der Waals surface area contributed by atoms with Gasteiger partial charge in [0.2, 0.25) is 10.0 Å². The molecule has 0 heterocycles. The highest BCUT2D eigenvalue weighted by molar-refractivity contribution is 7.89. The fourth-order valence-corrected chi connectivity index (χ4v) is 4.77. The molecule has 0 aliphatic carbocycles. The number of hydrogen-bond acceptors (Lipinski definition) is 4. The molecular weight excluding hydrogens is 398 g/mol. The van der Waals surface area contributed by atoms with E-state index in [4.69, 9.17) is 4.74 Å². The number of aliphatic hydroxyl groups is 1. The van der Waals surface area contributed by atoms with Crippen molar-refractivity contribution in [1.82, 2.24) is 4.31 Å². The summed E-state index contributed by atoms with van der Waals surface area (Å²) in [5, 5.41) is 10.4. The first-order chi connectivity index (χ1) is 14.4. The van der Waals surface area contributed by atoms with E-state index >= 15 is 0 Å². The highest BCUT2D eigenvalue weighted by Gasteiger charge is 2.32. The monoisotopic (exact) mass is 429 g/mol. The minimum absolute atomic E-state index is 0.121. The molecule has 0 saturated heterocycles. The molecule has 0 aliphatic heterocycles. The molecule has 0 radical (unpaired) electrons. The first-order valence-electron chi connectivity index (χ1n) is 9.98. The van der Waals surface area contributed by atoms with Crippen molar-refractivity contribution in [3.8, 4) is 0 Å². The molecule has 0 aromatic heterocycles. The van der Waals surface area contributed by atoms with Crippen LogP contribution in [-0.2, 0) is 21.4 Å². The van der Waals surface area contributed by atoms with E-state index in [-0.39, 0.29) is 24.5 Å². The van der Waals surface area contributed by atoms with E-state index < -0.39 is 22.2 Å². The van der Waals surface area contributed by atoms with Gasteiger partial charge in [0.15, 0.2) is 0 Å². The molecular formula is C24H31NO4S. The van der Waals surface area contributed by atoms with Crippen molar-refractivity contribution in [2.75, 3.05) is 13.2 Å². The van der Waals surface area contributed by atoms with Crippen LogP contribution < -0.4 is 0 Å². The Morgan fingerprint density at radius 2 is 1.73 bits per heavy atom. The van der Waals surface area contributed by atoms with Crippen LogP contribution in [-0.4, -0.2) is 43.1 Å². The van der Waals surface area contributed by atoms with Crippen LogP contribution in [0.1, 0.15) is 24.0 Å². The predicted octanol–water partition coefficient (Wildman–Crippen LogP) is 4.08. The summed E-state index contributed by atoms with van der Waals surface area (Å²) in [5.41, 5.74) is 1.98. The van der Waals surface area contributed by atoms with E-state index in [1.54, 1.807) is 36.4 Å². The second kappa shape index (κ2) is 11.8. The van der Waals surface area contributed by atoms with Crippen molar-refractivity contribution >= 4 is 10.0 Å². The minimum atomic E-state index is -3.79. The molecule has 0 spiro atoms. The lowest BCUT2D eigenvalue weighted by atomic mass is 10.1. The zero-order valence-electron chi connectivity index (χ0n) is 17.5. The number of hydrogen-bond donors (Lipinski definition) is 1. The average Bonchev–Trinajstić information content (AvgIpc) is 2.72. The van der Waals surface area contributed by atoms with Crippen LogP contribution in [0.4, 0.5) is 0 Å². The number of sulfonamides is 1. The first-order valence-corrected chi connectivity index (χ1v) is 11.4. The third kappa shape index (κ3) is 6.92. The molecule has 1 N–H and O–H groups in total. The molecule has 30 heavy (non-hydrogen) atoms. The van der Waals surface area contributed by atoms with Gasteiger partial charge in [0.1, 0.15) is 0 Å². The Morgan fingerprint density at radius 1 is 1.07 bits per heavy atom. The second-order valence-electron chi connectivity index (χ2n) is 7.24. The number of nitrogens with zero attached hydrogens (tertiary/aromatic N) is 1. The van der Waals surface area contributed by atoms with Crippen molar-refractivity contribution in [3.05, 3.63) is 91.0 Å². The van der Waals surface area contributed by atoms with Crippen molar-refractivity contribution < 1.29 is 18.3 Å². The molecule has 0 saturated carbocycles. The number of aryl methyl sites for hydroxylation is 1. The smallest absolute Gasteiger partial charge is 0.243 e. The summed E-state index contributed by atoms with van der Waals surface area (Å²) in [4.78, 5) is 0.209. The van der Waals surface area contributed by atoms with Crippen LogP contribution >= 0.6 is 0 Å². The SMILES string of the molecule is C=CC[C@H](O)C[C@@H](COCc1ccccc1)N(CC=C)S(=O)(=O)c1ccc(C)cc1. The Labute approximate surface area is 180 Å². The normalized spacial score (nSPS) is 13.7. The predicted molar refractivity (Wildman–Crippen MR) is 121 cm³/mol. The van der Waals surface area contributed by atoms with Gasteiger partial charge in [-0.1, -0.05) is 60.2 Å². The van der Waals surface area contributed by atoms with Crippen molar-refractivity contribution in [3.63, 3.8) is 0 Å². The molecule has 0 amide bonds. The van der Waals surface area contributed by atoms with Gasteiger partial charge in [-0.25, -0.2) is 8.42 Å². The lowest BCUT2D eigenvalue weighted by molar-refractivity contribution is 0.0531. The summed E-state index contributed by atoms with van der Waals surface area (Å²) >= 11 is 0. The number of aliphatic hydroxyl groups excluding tert-OH is 1. The summed E-state index contributed by atoms with van der Waals surface area (Å²) in [5.74, 6) is 0. The molecule has 0 fully saturated rings. The molecule has 2 rings (SSSR count). The second-order valence-corrected chi connectivity index (χ2v) is 9.14. The molecule has 0 unspecified atom stereocenters. The average molecular weight is 430 g/mol. The molecule has 0 aliphatic rings. The minimum Gasteiger partial charge on any atom is -0.393 e. The Bertz CT molecular complexity index is 895. The van der Waals surface area contributed by atoms with Gasteiger partial charge < -0.3 is 9.84 Å². The molecule has 2 atom stereocenters. The largest absolute Gasteiger partial charge is 0.393 e. The summed E-state index contributed by atoms with van der Waals surface area (Å²) in [7, 11) is -3.79. The summed E-state index contributed by atoms with van der Waals surface area (Å²) in [6.45, 7) is 9.92. The quantitative estimate of drug-likeness (QED) is 0.487. The molecule has 2 aromatic rings. The van der Waals surface area contributed by atoms with Gasteiger partial charge in [0.05, 0.1) is 30.3 Å². The van der Waals surface area contributed by atoms with Crippen LogP contribution in [0.5, 0.6) is 0 Å². The summed E-state index contributed by atoms with van der Waals surface area (Å²) in [6, 6.07) is 15.9. The van der Waals surface area contributed by atoms with E-state index in [1.807, 2.05) is 37.3 Å². The number of benzene rings is 2. The Kier molecular flexibility index (Phi) is 9.46. The molecule has 162 valence electrons. The zero-order chi connectivity index (χ0) is 22.0. The van der Waals surface area contributed by atoms with Crippen molar-refractivity contribution in [1.29, 1.82) is 0 Å². The third-order valence-electron chi connectivity index (χ3n) is 4.75. The summed E-state index contributed by atoms with van der Waals surface area (Å²) < 4.78 is 34.0. The van der Waals surface area contributed by atoms with Crippen LogP contribution in [0.25, 0.3) is 0 Å². The van der Waals surface area contributed by atoms with Crippen molar-refractivity contribution in [2.24, 2.45) is 0 Å². The van der Waals surface area contributed by atoms with E-state index in [0.29, 0.717) is 13.0 Å². The molecule has 6 heteroatoms. The van der Waals surface area contributed by atoms with Gasteiger partial charge >= 0.3 is 0 Å². The zero-order valence-corrected chi connectivity index (χ0v) is 18.3. The van der Waals surface area contributed by atoms with Gasteiger partial charge in [-0.2, -0.15) is 4.31 Å². The third-order valence-corrected chi connectivity index (χ3v) is 6.68. The topological polar surface area (TPSA) is 66.8 Å². The Hall–Kier alpha value is -2.25. The maximum absolute atomic E-state index is 13.4. The highest BCUT2D eigenvalue weighted by Crippen LogP contribution is 2.22. The first kappa shape index (κ1) is 24.0. The van der Waals surface area contributed by atoms with Crippen LogP contribution in [0.15, 0.2) is 84.8 Å². The van der Waals surface area contributed by atoms with E-state index in [0.717, 1.165) is 11.1 Å². The van der Waals surface area contributed by atoms with Crippen LogP contribution in [0.3, 0.4) is 0 Å². The van der Waals surface area contributed by atoms with Gasteiger partial charge in [-0.3, -0.25) is 0 Å². The van der Waals surface area contributed by atoms with Crippen molar-refractivity contribution in [2.45, 2.75) is 43.4 Å². The van der Waals surface area contributed by atoms with E-state index in [9.17, 15) is 13.5 Å². The Morgan fingerprint density at radius 3 is 2.33 bits per heavy atom.